The molecule has 1 aliphatic rings. The van der Waals surface area contributed by atoms with Crippen LogP contribution >= 0.6 is 24.8 Å². The van der Waals surface area contributed by atoms with E-state index < -0.39 is 0 Å². The van der Waals surface area contributed by atoms with Crippen LogP contribution in [0.4, 0.5) is 4.39 Å². The Hall–Kier alpha value is -0.610. The fourth-order valence-electron chi connectivity index (χ4n) is 2.60. The minimum absolute atomic E-state index is 0. The molecule has 1 aromatic rings. The van der Waals surface area contributed by atoms with Gasteiger partial charge in [-0.2, -0.15) is 0 Å². The highest BCUT2D eigenvalue weighted by Crippen LogP contribution is 2.28. The molecule has 0 unspecified atom stereocenters. The van der Waals surface area contributed by atoms with Gasteiger partial charge < -0.3 is 5.32 Å². The highest BCUT2D eigenvalue weighted by atomic mass is 35.5. The predicted molar refractivity (Wildman–Crippen MR) is 92.2 cm³/mol. The third kappa shape index (κ3) is 5.59. The van der Waals surface area contributed by atoms with E-state index in [4.69, 9.17) is 0 Å². The second-order valence-electron chi connectivity index (χ2n) is 5.47. The molecule has 0 radical (unpaired) electrons. The van der Waals surface area contributed by atoms with Gasteiger partial charge in [-0.05, 0) is 37.5 Å². The summed E-state index contributed by atoms with van der Waals surface area (Å²) in [5.74, 6) is -0.112. The minimum atomic E-state index is -0.112. The lowest BCUT2D eigenvalue weighted by Gasteiger charge is -2.35. The lowest BCUT2D eigenvalue weighted by molar-refractivity contribution is 0.172. The molecule has 0 bridgehead atoms. The van der Waals surface area contributed by atoms with Crippen LogP contribution in [-0.4, -0.2) is 31.1 Å². The van der Waals surface area contributed by atoms with E-state index in [0.717, 1.165) is 43.7 Å². The standard InChI is InChI=1S/C16H23FN2.2ClH/c1-12(2)10-16(19-8-6-18-7-9-19)14-5-4-13(3)15(17)11-14;;/h4-5,11,16,18H,1,6-10H2,2-3H3;2*1H/t16-;;/m1../s1. The number of piperazine rings is 1. The van der Waals surface area contributed by atoms with Crippen molar-refractivity contribution in [2.75, 3.05) is 26.2 Å². The SMILES string of the molecule is C=C(C)C[C@H](c1ccc(C)c(F)c1)N1CCNCC1.Cl.Cl. The molecule has 0 spiro atoms. The number of halogens is 3. The van der Waals surface area contributed by atoms with E-state index in [1.165, 1.54) is 0 Å². The molecule has 1 saturated heterocycles. The molecule has 21 heavy (non-hydrogen) atoms. The molecule has 2 nitrogen and oxygen atoms in total. The van der Waals surface area contributed by atoms with Gasteiger partial charge in [0.2, 0.25) is 0 Å². The minimum Gasteiger partial charge on any atom is -0.314 e. The Morgan fingerprint density at radius 2 is 1.95 bits per heavy atom. The number of rotatable bonds is 4. The van der Waals surface area contributed by atoms with E-state index >= 15 is 0 Å². The molecular formula is C16H25Cl2FN2. The summed E-state index contributed by atoms with van der Waals surface area (Å²) in [6, 6.07) is 5.85. The largest absolute Gasteiger partial charge is 0.314 e. The van der Waals surface area contributed by atoms with Crippen LogP contribution in [-0.2, 0) is 0 Å². The summed E-state index contributed by atoms with van der Waals surface area (Å²) in [6.07, 6.45) is 0.891. The number of hydrogen-bond donors (Lipinski definition) is 1. The molecule has 0 amide bonds. The van der Waals surface area contributed by atoms with E-state index in [2.05, 4.69) is 16.8 Å². The van der Waals surface area contributed by atoms with E-state index in [0.29, 0.717) is 5.56 Å². The van der Waals surface area contributed by atoms with Gasteiger partial charge in [0, 0.05) is 32.2 Å². The Bertz CT molecular complexity index is 460. The van der Waals surface area contributed by atoms with Crippen LogP contribution in [0.2, 0.25) is 0 Å². The normalized spacial score (nSPS) is 16.5. The molecule has 1 aliphatic heterocycles. The Labute approximate surface area is 139 Å². The van der Waals surface area contributed by atoms with Crippen LogP contribution in [0, 0.1) is 12.7 Å². The Kier molecular flexibility index (Phi) is 9.14. The maximum absolute atomic E-state index is 13.8. The van der Waals surface area contributed by atoms with E-state index in [9.17, 15) is 4.39 Å². The fourth-order valence-corrected chi connectivity index (χ4v) is 2.60. The van der Waals surface area contributed by atoms with Gasteiger partial charge >= 0.3 is 0 Å². The van der Waals surface area contributed by atoms with Crippen LogP contribution in [0.3, 0.4) is 0 Å². The summed E-state index contributed by atoms with van der Waals surface area (Å²) < 4.78 is 13.8. The average molecular weight is 335 g/mol. The van der Waals surface area contributed by atoms with Crippen LogP contribution in [0.15, 0.2) is 30.4 Å². The lowest BCUT2D eigenvalue weighted by atomic mass is 9.97. The van der Waals surface area contributed by atoms with Crippen LogP contribution in [0.1, 0.15) is 30.5 Å². The van der Waals surface area contributed by atoms with Gasteiger partial charge in [-0.1, -0.05) is 17.7 Å². The van der Waals surface area contributed by atoms with Crippen molar-refractivity contribution in [1.29, 1.82) is 0 Å². The van der Waals surface area contributed by atoms with Crippen LogP contribution in [0.5, 0.6) is 0 Å². The van der Waals surface area contributed by atoms with Crippen LogP contribution in [0.25, 0.3) is 0 Å². The maximum Gasteiger partial charge on any atom is 0.126 e. The summed E-state index contributed by atoms with van der Waals surface area (Å²) in [7, 11) is 0. The Balaban J connectivity index is 0.00000200. The van der Waals surface area contributed by atoms with Crippen molar-refractivity contribution < 1.29 is 4.39 Å². The molecule has 2 rings (SSSR count). The molecule has 0 aromatic heterocycles. The quantitative estimate of drug-likeness (QED) is 0.840. The first-order chi connectivity index (χ1) is 9.08. The van der Waals surface area contributed by atoms with Crippen molar-refractivity contribution in [3.63, 3.8) is 0 Å². The third-order valence-corrected chi connectivity index (χ3v) is 3.71. The molecule has 120 valence electrons. The average Bonchev–Trinajstić information content (AvgIpc) is 2.40. The smallest absolute Gasteiger partial charge is 0.126 e. The van der Waals surface area contributed by atoms with Gasteiger partial charge in [-0.15, -0.1) is 31.4 Å². The van der Waals surface area contributed by atoms with Gasteiger partial charge in [0.15, 0.2) is 0 Å². The molecule has 1 fully saturated rings. The van der Waals surface area contributed by atoms with Gasteiger partial charge in [0.25, 0.3) is 0 Å². The highest BCUT2D eigenvalue weighted by Gasteiger charge is 2.22. The Morgan fingerprint density at radius 1 is 1.33 bits per heavy atom. The van der Waals surface area contributed by atoms with Crippen LogP contribution < -0.4 is 5.32 Å². The number of hydrogen-bond acceptors (Lipinski definition) is 2. The topological polar surface area (TPSA) is 15.3 Å². The number of nitrogens with zero attached hydrogens (tertiary/aromatic N) is 1. The number of benzene rings is 1. The predicted octanol–water partition coefficient (Wildman–Crippen LogP) is 3.89. The van der Waals surface area contributed by atoms with E-state index in [1.54, 1.807) is 13.0 Å². The first kappa shape index (κ1) is 20.4. The lowest BCUT2D eigenvalue weighted by Crippen LogP contribution is -2.45. The van der Waals surface area contributed by atoms with Gasteiger partial charge in [-0.25, -0.2) is 4.39 Å². The Morgan fingerprint density at radius 3 is 2.48 bits per heavy atom. The van der Waals surface area contributed by atoms with Gasteiger partial charge in [0.1, 0.15) is 5.82 Å². The monoisotopic (exact) mass is 334 g/mol. The van der Waals surface area contributed by atoms with E-state index in [1.807, 2.05) is 19.1 Å². The second kappa shape index (κ2) is 9.42. The molecule has 1 N–H and O–H groups in total. The molecular weight excluding hydrogens is 310 g/mol. The summed E-state index contributed by atoms with van der Waals surface area (Å²) in [5.41, 5.74) is 2.91. The van der Waals surface area contributed by atoms with Crippen molar-refractivity contribution in [2.45, 2.75) is 26.3 Å². The molecule has 1 aromatic carbocycles. The van der Waals surface area contributed by atoms with E-state index in [-0.39, 0.29) is 36.7 Å². The number of aryl methyl sites for hydroxylation is 1. The van der Waals surface area contributed by atoms with Crippen molar-refractivity contribution in [1.82, 2.24) is 10.2 Å². The third-order valence-electron chi connectivity index (χ3n) is 3.71. The molecule has 1 heterocycles. The highest BCUT2D eigenvalue weighted by molar-refractivity contribution is 5.85. The zero-order valence-corrected chi connectivity index (χ0v) is 14.3. The maximum atomic E-state index is 13.8. The molecule has 1 atom stereocenters. The van der Waals surface area contributed by atoms with Gasteiger partial charge in [0.05, 0.1) is 0 Å². The summed E-state index contributed by atoms with van der Waals surface area (Å²) in [4.78, 5) is 2.43. The van der Waals surface area contributed by atoms with Crippen molar-refractivity contribution in [3.05, 3.63) is 47.3 Å². The summed E-state index contributed by atoms with van der Waals surface area (Å²) in [5, 5.41) is 3.36. The molecule has 5 heteroatoms. The zero-order chi connectivity index (χ0) is 13.8. The van der Waals surface area contributed by atoms with Gasteiger partial charge in [-0.3, -0.25) is 4.90 Å². The van der Waals surface area contributed by atoms with Crippen molar-refractivity contribution >= 4 is 24.8 Å². The summed E-state index contributed by atoms with van der Waals surface area (Å²) >= 11 is 0. The first-order valence-corrected chi connectivity index (χ1v) is 6.93. The molecule has 0 aliphatic carbocycles. The number of nitrogens with one attached hydrogen (secondary N) is 1. The summed E-state index contributed by atoms with van der Waals surface area (Å²) in [6.45, 7) is 11.9. The second-order valence-corrected chi connectivity index (χ2v) is 5.47. The first-order valence-electron chi connectivity index (χ1n) is 6.93. The van der Waals surface area contributed by atoms with Crippen molar-refractivity contribution in [3.8, 4) is 0 Å². The zero-order valence-electron chi connectivity index (χ0n) is 12.7. The fraction of sp³-hybridized carbons (Fsp3) is 0.500. The molecule has 0 saturated carbocycles. The van der Waals surface area contributed by atoms with Crippen molar-refractivity contribution in [2.24, 2.45) is 0 Å².